The molecule has 2 rings (SSSR count). The van der Waals surface area contributed by atoms with E-state index in [-0.39, 0.29) is 5.91 Å². The fraction of sp³-hybridized carbons (Fsp3) is 0.133. The molecule has 0 aliphatic carbocycles. The summed E-state index contributed by atoms with van der Waals surface area (Å²) in [5.74, 6) is -0.288. The number of hydrogen-bond donors (Lipinski definition) is 2. The lowest BCUT2D eigenvalue weighted by molar-refractivity contribution is 0.102. The van der Waals surface area contributed by atoms with E-state index in [9.17, 15) is 4.79 Å². The molecule has 1 amide bonds. The summed E-state index contributed by atoms with van der Waals surface area (Å²) in [4.78, 5) is 12.2. The molecule has 0 aliphatic heterocycles. The largest absolute Gasteiger partial charge is 0.398 e. The Kier molecular flexibility index (Phi) is 4.07. The van der Waals surface area contributed by atoms with E-state index in [1.807, 2.05) is 31.2 Å². The molecule has 3 nitrogen and oxygen atoms in total. The molecule has 0 aromatic heterocycles. The highest BCUT2D eigenvalue weighted by molar-refractivity contribution is 6.35. The van der Waals surface area contributed by atoms with Crippen molar-refractivity contribution in [1.82, 2.24) is 0 Å². The summed E-state index contributed by atoms with van der Waals surface area (Å²) in [7, 11) is 0. The number of carbonyl (C=O) groups excluding carboxylic acids is 1. The van der Waals surface area contributed by atoms with Crippen LogP contribution in [0.2, 0.25) is 5.02 Å². The number of amides is 1. The number of rotatable bonds is 3. The third-order valence-electron chi connectivity index (χ3n) is 2.92. The molecule has 0 aliphatic rings. The van der Waals surface area contributed by atoms with Gasteiger partial charge in [0.1, 0.15) is 0 Å². The maximum absolute atomic E-state index is 12.2. The van der Waals surface area contributed by atoms with Gasteiger partial charge < -0.3 is 11.1 Å². The Balaban J connectivity index is 2.31. The van der Waals surface area contributed by atoms with Gasteiger partial charge in [0.2, 0.25) is 0 Å². The molecular weight excluding hydrogens is 260 g/mol. The van der Waals surface area contributed by atoms with Crippen LogP contribution >= 0.6 is 11.6 Å². The maximum Gasteiger partial charge on any atom is 0.259 e. The number of anilines is 2. The van der Waals surface area contributed by atoms with Crippen LogP contribution in [0.3, 0.4) is 0 Å². The van der Waals surface area contributed by atoms with E-state index >= 15 is 0 Å². The van der Waals surface area contributed by atoms with E-state index in [1.165, 1.54) is 0 Å². The SMILES string of the molecule is CCc1ccccc1NC(=O)c1c(N)cccc1Cl. The molecule has 0 radical (unpaired) electrons. The first-order valence-corrected chi connectivity index (χ1v) is 6.44. The van der Waals surface area contributed by atoms with Crippen LogP contribution in [0.5, 0.6) is 0 Å². The maximum atomic E-state index is 12.2. The fourth-order valence-electron chi connectivity index (χ4n) is 1.92. The van der Waals surface area contributed by atoms with Gasteiger partial charge in [-0.05, 0) is 30.2 Å². The number of nitrogens with one attached hydrogen (secondary N) is 1. The van der Waals surface area contributed by atoms with Crippen LogP contribution in [0.15, 0.2) is 42.5 Å². The van der Waals surface area contributed by atoms with Gasteiger partial charge in [-0.15, -0.1) is 0 Å². The average Bonchev–Trinajstić information content (AvgIpc) is 2.39. The number of benzene rings is 2. The summed E-state index contributed by atoms with van der Waals surface area (Å²) in [6.45, 7) is 2.04. The normalized spacial score (nSPS) is 10.2. The minimum Gasteiger partial charge on any atom is -0.398 e. The summed E-state index contributed by atoms with van der Waals surface area (Å²) in [6.07, 6.45) is 0.842. The van der Waals surface area contributed by atoms with Gasteiger partial charge in [-0.25, -0.2) is 0 Å². The topological polar surface area (TPSA) is 55.1 Å². The molecule has 19 heavy (non-hydrogen) atoms. The second-order valence-corrected chi connectivity index (χ2v) is 4.58. The first-order chi connectivity index (χ1) is 9.13. The van der Waals surface area contributed by atoms with Crippen molar-refractivity contribution in [2.24, 2.45) is 0 Å². The van der Waals surface area contributed by atoms with Crippen molar-refractivity contribution in [1.29, 1.82) is 0 Å². The fourth-order valence-corrected chi connectivity index (χ4v) is 2.18. The summed E-state index contributed by atoms with van der Waals surface area (Å²) >= 11 is 6.02. The van der Waals surface area contributed by atoms with Gasteiger partial charge in [-0.3, -0.25) is 4.79 Å². The molecule has 0 unspecified atom stereocenters. The Hall–Kier alpha value is -2.00. The van der Waals surface area contributed by atoms with E-state index in [1.54, 1.807) is 18.2 Å². The van der Waals surface area contributed by atoms with Crippen molar-refractivity contribution < 1.29 is 4.79 Å². The lowest BCUT2D eigenvalue weighted by Crippen LogP contribution is -2.15. The quantitative estimate of drug-likeness (QED) is 0.838. The van der Waals surface area contributed by atoms with Gasteiger partial charge >= 0.3 is 0 Å². The van der Waals surface area contributed by atoms with E-state index in [2.05, 4.69) is 5.32 Å². The molecule has 0 heterocycles. The van der Waals surface area contributed by atoms with Gasteiger partial charge in [-0.2, -0.15) is 0 Å². The number of aryl methyl sites for hydroxylation is 1. The Bertz CT molecular complexity index is 591. The summed E-state index contributed by atoms with van der Waals surface area (Å²) in [5.41, 5.74) is 8.35. The minimum atomic E-state index is -0.288. The predicted octanol–water partition coefficient (Wildman–Crippen LogP) is 3.74. The van der Waals surface area contributed by atoms with Crippen LogP contribution in [-0.4, -0.2) is 5.91 Å². The number of carbonyl (C=O) groups is 1. The van der Waals surface area contributed by atoms with E-state index in [0.717, 1.165) is 17.7 Å². The van der Waals surface area contributed by atoms with E-state index in [0.29, 0.717) is 16.3 Å². The lowest BCUT2D eigenvalue weighted by Gasteiger charge is -2.11. The van der Waals surface area contributed by atoms with Crippen molar-refractivity contribution in [3.63, 3.8) is 0 Å². The summed E-state index contributed by atoms with van der Waals surface area (Å²) < 4.78 is 0. The second-order valence-electron chi connectivity index (χ2n) is 4.17. The number of para-hydroxylation sites is 1. The number of nitrogen functional groups attached to an aromatic ring is 1. The van der Waals surface area contributed by atoms with Crippen molar-refractivity contribution in [3.8, 4) is 0 Å². The molecular formula is C15H15ClN2O. The zero-order valence-electron chi connectivity index (χ0n) is 10.6. The van der Waals surface area contributed by atoms with Crippen LogP contribution in [-0.2, 0) is 6.42 Å². The first-order valence-electron chi connectivity index (χ1n) is 6.06. The number of hydrogen-bond acceptors (Lipinski definition) is 2. The molecule has 98 valence electrons. The molecule has 0 atom stereocenters. The van der Waals surface area contributed by atoms with Gasteiger partial charge in [-0.1, -0.05) is 42.8 Å². The summed E-state index contributed by atoms with van der Waals surface area (Å²) in [6, 6.07) is 12.7. The Morgan fingerprint density at radius 1 is 1.21 bits per heavy atom. The lowest BCUT2D eigenvalue weighted by atomic mass is 10.1. The van der Waals surface area contributed by atoms with Gasteiger partial charge in [0.25, 0.3) is 5.91 Å². The zero-order valence-corrected chi connectivity index (χ0v) is 11.4. The van der Waals surface area contributed by atoms with Gasteiger partial charge in [0, 0.05) is 11.4 Å². The third-order valence-corrected chi connectivity index (χ3v) is 3.23. The second kappa shape index (κ2) is 5.76. The van der Waals surface area contributed by atoms with Gasteiger partial charge in [0.15, 0.2) is 0 Å². The average molecular weight is 275 g/mol. The van der Waals surface area contributed by atoms with Crippen molar-refractivity contribution >= 4 is 28.9 Å². The van der Waals surface area contributed by atoms with Crippen LogP contribution in [0, 0.1) is 0 Å². The van der Waals surface area contributed by atoms with Crippen molar-refractivity contribution in [3.05, 3.63) is 58.6 Å². The molecule has 4 heteroatoms. The molecule has 0 saturated heterocycles. The smallest absolute Gasteiger partial charge is 0.259 e. The van der Waals surface area contributed by atoms with Crippen LogP contribution in [0.25, 0.3) is 0 Å². The molecule has 0 saturated carbocycles. The number of halogens is 1. The third kappa shape index (κ3) is 2.88. The molecule has 3 N–H and O–H groups in total. The van der Waals surface area contributed by atoms with Crippen molar-refractivity contribution in [2.45, 2.75) is 13.3 Å². The first kappa shape index (κ1) is 13.4. The highest BCUT2D eigenvalue weighted by atomic mass is 35.5. The molecule has 0 spiro atoms. The molecule has 2 aromatic carbocycles. The number of nitrogens with two attached hydrogens (primary N) is 1. The van der Waals surface area contributed by atoms with Crippen LogP contribution < -0.4 is 11.1 Å². The predicted molar refractivity (Wildman–Crippen MR) is 79.6 cm³/mol. The van der Waals surface area contributed by atoms with Crippen LogP contribution in [0.4, 0.5) is 11.4 Å². The Morgan fingerprint density at radius 3 is 2.63 bits per heavy atom. The van der Waals surface area contributed by atoms with Crippen molar-refractivity contribution in [2.75, 3.05) is 11.1 Å². The molecule has 2 aromatic rings. The van der Waals surface area contributed by atoms with Crippen LogP contribution in [0.1, 0.15) is 22.8 Å². The Labute approximate surface area is 117 Å². The van der Waals surface area contributed by atoms with Gasteiger partial charge in [0.05, 0.1) is 10.6 Å². The standard InChI is InChI=1S/C15H15ClN2O/c1-2-10-6-3-4-9-13(10)18-15(19)14-11(16)7-5-8-12(14)17/h3-9H,2,17H2,1H3,(H,18,19). The highest BCUT2D eigenvalue weighted by Gasteiger charge is 2.14. The monoisotopic (exact) mass is 274 g/mol. The van der Waals surface area contributed by atoms with E-state index in [4.69, 9.17) is 17.3 Å². The zero-order chi connectivity index (χ0) is 13.8. The minimum absolute atomic E-state index is 0.288. The summed E-state index contributed by atoms with van der Waals surface area (Å²) in [5, 5.41) is 3.21. The highest BCUT2D eigenvalue weighted by Crippen LogP contribution is 2.24. The van der Waals surface area contributed by atoms with E-state index < -0.39 is 0 Å². The molecule has 0 bridgehead atoms. The molecule has 0 fully saturated rings. The Morgan fingerprint density at radius 2 is 1.95 bits per heavy atom.